The van der Waals surface area contributed by atoms with Crippen LogP contribution in [-0.4, -0.2) is 10.2 Å². The molecule has 0 aromatic heterocycles. The van der Waals surface area contributed by atoms with Crippen molar-refractivity contribution in [2.45, 2.75) is 12.5 Å². The zero-order chi connectivity index (χ0) is 13.0. The van der Waals surface area contributed by atoms with Crippen molar-refractivity contribution in [1.82, 2.24) is 0 Å². The zero-order valence-electron chi connectivity index (χ0n) is 9.64. The second-order valence-corrected chi connectivity index (χ2v) is 4.09. The maximum Gasteiger partial charge on any atom is 0.165 e. The van der Waals surface area contributed by atoms with E-state index in [2.05, 4.69) is 0 Å². The van der Waals surface area contributed by atoms with Crippen molar-refractivity contribution in [3.8, 4) is 17.2 Å². The van der Waals surface area contributed by atoms with Crippen LogP contribution in [0.15, 0.2) is 42.5 Å². The Labute approximate surface area is 110 Å². The minimum absolute atomic E-state index is 0.0738. The lowest BCUT2D eigenvalue weighted by molar-refractivity contribution is 0.299. The topological polar surface area (TPSA) is 49.7 Å². The molecule has 0 saturated heterocycles. The SMILES string of the molecule is Oc1ccc(OCc2ccccc2)c(CCl)c1O. The summed E-state index contributed by atoms with van der Waals surface area (Å²) in [5.41, 5.74) is 1.41. The molecule has 0 heterocycles. The first-order valence-electron chi connectivity index (χ1n) is 5.49. The molecule has 0 unspecified atom stereocenters. The van der Waals surface area contributed by atoms with E-state index in [0.29, 0.717) is 17.9 Å². The van der Waals surface area contributed by atoms with Gasteiger partial charge in [-0.15, -0.1) is 11.6 Å². The molecular formula is C14H13ClO3. The first-order valence-corrected chi connectivity index (χ1v) is 6.02. The largest absolute Gasteiger partial charge is 0.504 e. The fourth-order valence-corrected chi connectivity index (χ4v) is 1.86. The van der Waals surface area contributed by atoms with Gasteiger partial charge in [0.25, 0.3) is 0 Å². The van der Waals surface area contributed by atoms with Crippen LogP contribution in [0.4, 0.5) is 0 Å². The Morgan fingerprint density at radius 3 is 2.39 bits per heavy atom. The van der Waals surface area contributed by atoms with Crippen LogP contribution in [0, 0.1) is 0 Å². The van der Waals surface area contributed by atoms with E-state index >= 15 is 0 Å². The van der Waals surface area contributed by atoms with Crippen molar-refractivity contribution in [1.29, 1.82) is 0 Å². The summed E-state index contributed by atoms with van der Waals surface area (Å²) < 4.78 is 5.59. The number of halogens is 1. The molecule has 0 saturated carbocycles. The van der Waals surface area contributed by atoms with Gasteiger partial charge in [0, 0.05) is 0 Å². The molecular weight excluding hydrogens is 252 g/mol. The first kappa shape index (κ1) is 12.6. The molecule has 2 rings (SSSR count). The van der Waals surface area contributed by atoms with E-state index in [9.17, 15) is 10.2 Å². The average molecular weight is 265 g/mol. The summed E-state index contributed by atoms with van der Waals surface area (Å²) in [6.45, 7) is 0.384. The Morgan fingerprint density at radius 1 is 1.00 bits per heavy atom. The summed E-state index contributed by atoms with van der Waals surface area (Å²) >= 11 is 5.74. The number of phenols is 2. The quantitative estimate of drug-likeness (QED) is 0.657. The van der Waals surface area contributed by atoms with Crippen molar-refractivity contribution < 1.29 is 14.9 Å². The average Bonchev–Trinajstić information content (AvgIpc) is 2.41. The molecule has 3 nitrogen and oxygen atoms in total. The number of hydrogen-bond donors (Lipinski definition) is 2. The molecule has 0 fully saturated rings. The van der Waals surface area contributed by atoms with E-state index in [1.165, 1.54) is 6.07 Å². The third-order valence-corrected chi connectivity index (χ3v) is 2.86. The van der Waals surface area contributed by atoms with E-state index in [1.54, 1.807) is 6.07 Å². The van der Waals surface area contributed by atoms with Crippen molar-refractivity contribution in [3.63, 3.8) is 0 Å². The number of aromatic hydroxyl groups is 2. The van der Waals surface area contributed by atoms with Gasteiger partial charge in [-0.05, 0) is 17.7 Å². The lowest BCUT2D eigenvalue weighted by atomic mass is 10.2. The molecule has 0 aliphatic carbocycles. The molecule has 0 aliphatic heterocycles. The summed E-state index contributed by atoms with van der Waals surface area (Å²) in [6, 6.07) is 12.6. The van der Waals surface area contributed by atoms with E-state index in [1.807, 2.05) is 30.3 Å². The smallest absolute Gasteiger partial charge is 0.165 e. The fraction of sp³-hybridized carbons (Fsp3) is 0.143. The Hall–Kier alpha value is -1.87. The summed E-state index contributed by atoms with van der Waals surface area (Å²) in [7, 11) is 0. The molecule has 2 aromatic rings. The predicted molar refractivity (Wildman–Crippen MR) is 70.1 cm³/mol. The molecule has 0 spiro atoms. The van der Waals surface area contributed by atoms with Gasteiger partial charge in [-0.2, -0.15) is 0 Å². The molecule has 0 bridgehead atoms. The molecule has 0 atom stereocenters. The van der Waals surface area contributed by atoms with Gasteiger partial charge in [0.1, 0.15) is 12.4 Å². The molecule has 0 radical (unpaired) electrons. The Morgan fingerprint density at radius 2 is 1.72 bits per heavy atom. The Bertz CT molecular complexity index is 526. The van der Waals surface area contributed by atoms with Crippen LogP contribution in [0.25, 0.3) is 0 Å². The maximum atomic E-state index is 9.66. The van der Waals surface area contributed by atoms with Gasteiger partial charge in [0.15, 0.2) is 11.5 Å². The fourth-order valence-electron chi connectivity index (χ4n) is 1.61. The van der Waals surface area contributed by atoms with Crippen LogP contribution in [0.1, 0.15) is 11.1 Å². The maximum absolute atomic E-state index is 9.66. The van der Waals surface area contributed by atoms with Crippen LogP contribution in [0.5, 0.6) is 17.2 Å². The summed E-state index contributed by atoms with van der Waals surface area (Å²) in [6.07, 6.45) is 0. The van der Waals surface area contributed by atoms with E-state index in [0.717, 1.165) is 5.56 Å². The minimum atomic E-state index is -0.226. The lowest BCUT2D eigenvalue weighted by Gasteiger charge is -2.12. The second kappa shape index (κ2) is 5.65. The van der Waals surface area contributed by atoms with Crippen LogP contribution in [0.3, 0.4) is 0 Å². The van der Waals surface area contributed by atoms with Crippen molar-refractivity contribution >= 4 is 11.6 Å². The van der Waals surface area contributed by atoms with E-state index in [-0.39, 0.29) is 17.4 Å². The molecule has 94 valence electrons. The van der Waals surface area contributed by atoms with Gasteiger partial charge >= 0.3 is 0 Å². The third-order valence-electron chi connectivity index (χ3n) is 2.59. The molecule has 0 amide bonds. The Kier molecular flexibility index (Phi) is 3.95. The van der Waals surface area contributed by atoms with Crippen molar-refractivity contribution in [3.05, 3.63) is 53.6 Å². The van der Waals surface area contributed by atoms with Crippen LogP contribution in [-0.2, 0) is 12.5 Å². The predicted octanol–water partition coefficient (Wildman–Crippen LogP) is 3.42. The standard InChI is InChI=1S/C14H13ClO3/c15-8-11-13(7-6-12(16)14(11)17)18-9-10-4-2-1-3-5-10/h1-7,16-17H,8-9H2. The number of phenolic OH excluding ortho intramolecular Hbond substituents is 2. The van der Waals surface area contributed by atoms with Crippen LogP contribution in [0.2, 0.25) is 0 Å². The van der Waals surface area contributed by atoms with Gasteiger partial charge in [-0.25, -0.2) is 0 Å². The summed E-state index contributed by atoms with van der Waals surface area (Å²) in [4.78, 5) is 0. The van der Waals surface area contributed by atoms with Gasteiger partial charge < -0.3 is 14.9 Å². The first-order chi connectivity index (χ1) is 8.72. The highest BCUT2D eigenvalue weighted by molar-refractivity contribution is 6.17. The summed E-state index contributed by atoms with van der Waals surface area (Å²) in [5, 5.41) is 19.0. The van der Waals surface area contributed by atoms with Crippen molar-refractivity contribution in [2.75, 3.05) is 0 Å². The highest BCUT2D eigenvalue weighted by atomic mass is 35.5. The van der Waals surface area contributed by atoms with E-state index < -0.39 is 0 Å². The van der Waals surface area contributed by atoms with Crippen molar-refractivity contribution in [2.24, 2.45) is 0 Å². The van der Waals surface area contributed by atoms with E-state index in [4.69, 9.17) is 16.3 Å². The summed E-state index contributed by atoms with van der Waals surface area (Å²) in [5.74, 6) is 0.127. The molecule has 18 heavy (non-hydrogen) atoms. The zero-order valence-corrected chi connectivity index (χ0v) is 10.4. The number of hydrogen-bond acceptors (Lipinski definition) is 3. The highest BCUT2D eigenvalue weighted by Crippen LogP contribution is 2.36. The lowest BCUT2D eigenvalue weighted by Crippen LogP contribution is -1.98. The molecule has 2 N–H and O–H groups in total. The highest BCUT2D eigenvalue weighted by Gasteiger charge is 2.12. The number of benzene rings is 2. The number of alkyl halides is 1. The number of ether oxygens (including phenoxy) is 1. The van der Waals surface area contributed by atoms with Crippen LogP contribution >= 0.6 is 11.6 Å². The van der Waals surface area contributed by atoms with Gasteiger partial charge in [-0.3, -0.25) is 0 Å². The van der Waals surface area contributed by atoms with Crippen LogP contribution < -0.4 is 4.74 Å². The Balaban J connectivity index is 2.17. The minimum Gasteiger partial charge on any atom is -0.504 e. The molecule has 4 heteroatoms. The molecule has 0 aliphatic rings. The third kappa shape index (κ3) is 2.68. The van der Waals surface area contributed by atoms with Gasteiger partial charge in [-0.1, -0.05) is 30.3 Å². The van der Waals surface area contributed by atoms with Gasteiger partial charge in [0.05, 0.1) is 11.4 Å². The normalized spacial score (nSPS) is 10.3. The monoisotopic (exact) mass is 264 g/mol. The second-order valence-electron chi connectivity index (χ2n) is 3.82. The molecule has 2 aromatic carbocycles. The van der Waals surface area contributed by atoms with Gasteiger partial charge in [0.2, 0.25) is 0 Å². The number of rotatable bonds is 4.